The highest BCUT2D eigenvalue weighted by Crippen LogP contribution is 2.34. The van der Waals surface area contributed by atoms with Gasteiger partial charge < -0.3 is 0 Å². The van der Waals surface area contributed by atoms with Gasteiger partial charge in [0, 0.05) is 9.70 Å². The van der Waals surface area contributed by atoms with Crippen LogP contribution in [0.25, 0.3) is 21.2 Å². The van der Waals surface area contributed by atoms with Crippen LogP contribution in [0.15, 0.2) is 53.9 Å². The predicted octanol–water partition coefficient (Wildman–Crippen LogP) is 7.06. The van der Waals surface area contributed by atoms with Crippen LogP contribution in [-0.2, 0) is 6.42 Å². The number of thiophene rings is 1. The topological polar surface area (TPSA) is 0 Å². The molecule has 22 heavy (non-hydrogen) atoms. The summed E-state index contributed by atoms with van der Waals surface area (Å²) in [4.78, 5) is 1.98. The maximum Gasteiger partial charge on any atom is 0.0351 e. The summed E-state index contributed by atoms with van der Waals surface area (Å²) < 4.78 is 0. The number of benzene rings is 2. The lowest BCUT2D eigenvalue weighted by molar-refractivity contribution is 0.688. The fourth-order valence-corrected chi connectivity index (χ4v) is 4.51. The van der Waals surface area contributed by atoms with Crippen molar-refractivity contribution >= 4 is 38.0 Å². The number of halogens is 1. The molecule has 0 aliphatic rings. The van der Waals surface area contributed by atoms with Crippen molar-refractivity contribution in [1.29, 1.82) is 0 Å². The van der Waals surface area contributed by atoms with Gasteiger partial charge >= 0.3 is 0 Å². The average molecular weight is 373 g/mol. The van der Waals surface area contributed by atoms with Crippen LogP contribution in [0.3, 0.4) is 0 Å². The molecular weight excluding hydrogens is 352 g/mol. The summed E-state index contributed by atoms with van der Waals surface area (Å²) in [6.07, 6.45) is 4.96. The Morgan fingerprint density at radius 2 is 1.91 bits per heavy atom. The Balaban J connectivity index is 1.83. The molecule has 114 valence electrons. The molecule has 0 saturated heterocycles. The number of hydrogen-bond acceptors (Lipinski definition) is 1. The number of unbranched alkanes of at least 4 members (excludes halogenated alkanes) is 1. The van der Waals surface area contributed by atoms with Crippen molar-refractivity contribution in [1.82, 2.24) is 0 Å². The Kier molecular flexibility index (Phi) is 5.32. The molecule has 0 radical (unpaired) electrons. The van der Waals surface area contributed by atoms with Crippen LogP contribution < -0.4 is 0 Å². The van der Waals surface area contributed by atoms with E-state index in [2.05, 4.69) is 76.8 Å². The number of alkyl halides is 1. The zero-order chi connectivity index (χ0) is 15.4. The van der Waals surface area contributed by atoms with Crippen molar-refractivity contribution in [3.63, 3.8) is 0 Å². The summed E-state index contributed by atoms with van der Waals surface area (Å²) in [6.45, 7) is 2.25. The van der Waals surface area contributed by atoms with E-state index in [0.29, 0.717) is 4.83 Å². The highest BCUT2D eigenvalue weighted by Gasteiger charge is 2.10. The molecule has 0 bridgehead atoms. The Bertz CT molecular complexity index is 739. The molecule has 0 amide bonds. The molecule has 0 aliphatic carbocycles. The van der Waals surface area contributed by atoms with Gasteiger partial charge in [0.15, 0.2) is 0 Å². The maximum atomic E-state index is 3.83. The predicted molar refractivity (Wildman–Crippen MR) is 103 cm³/mol. The molecule has 2 aromatic carbocycles. The van der Waals surface area contributed by atoms with Crippen LogP contribution >= 0.6 is 27.3 Å². The molecule has 0 saturated carbocycles. The number of fused-ring (bicyclic) bond motifs is 1. The van der Waals surface area contributed by atoms with Crippen molar-refractivity contribution < 1.29 is 0 Å². The molecule has 1 atom stereocenters. The molecular formula is C20H21BrS. The molecule has 0 spiro atoms. The molecule has 2 heteroatoms. The maximum absolute atomic E-state index is 3.83. The number of rotatable bonds is 6. The lowest BCUT2D eigenvalue weighted by Gasteiger charge is -2.07. The molecule has 1 aromatic heterocycles. The highest BCUT2D eigenvalue weighted by atomic mass is 79.9. The van der Waals surface area contributed by atoms with E-state index in [1.807, 2.05) is 11.3 Å². The van der Waals surface area contributed by atoms with E-state index >= 15 is 0 Å². The monoisotopic (exact) mass is 372 g/mol. The van der Waals surface area contributed by atoms with Crippen LogP contribution in [0.4, 0.5) is 0 Å². The molecule has 3 rings (SSSR count). The third-order valence-electron chi connectivity index (χ3n) is 4.04. The van der Waals surface area contributed by atoms with Gasteiger partial charge in [-0.2, -0.15) is 0 Å². The van der Waals surface area contributed by atoms with Gasteiger partial charge in [0.25, 0.3) is 0 Å². The van der Waals surface area contributed by atoms with Crippen LogP contribution in [0.2, 0.25) is 0 Å². The normalized spacial score (nSPS) is 12.6. The Labute approximate surface area is 145 Å². The van der Waals surface area contributed by atoms with Crippen LogP contribution in [0, 0.1) is 0 Å². The minimum atomic E-state index is 0.599. The van der Waals surface area contributed by atoms with Gasteiger partial charge in [-0.15, -0.1) is 11.3 Å². The van der Waals surface area contributed by atoms with Gasteiger partial charge in [-0.3, -0.25) is 0 Å². The van der Waals surface area contributed by atoms with Crippen LogP contribution in [0.5, 0.6) is 0 Å². The van der Waals surface area contributed by atoms with Gasteiger partial charge in [0.2, 0.25) is 0 Å². The highest BCUT2D eigenvalue weighted by molar-refractivity contribution is 9.09. The minimum absolute atomic E-state index is 0.599. The van der Waals surface area contributed by atoms with Gasteiger partial charge in [-0.1, -0.05) is 78.2 Å². The summed E-state index contributed by atoms with van der Waals surface area (Å²) in [5.74, 6) is 0. The van der Waals surface area contributed by atoms with Crippen LogP contribution in [0.1, 0.15) is 31.7 Å². The molecule has 0 nitrogen and oxygen atoms in total. The third kappa shape index (κ3) is 3.61. The van der Waals surface area contributed by atoms with Gasteiger partial charge in [0.05, 0.1) is 0 Å². The summed E-state index contributed by atoms with van der Waals surface area (Å²) in [5, 5.41) is 4.98. The molecule has 1 unspecified atom stereocenters. The van der Waals surface area contributed by atoms with E-state index in [4.69, 9.17) is 0 Å². The first-order valence-corrected chi connectivity index (χ1v) is 9.77. The van der Waals surface area contributed by atoms with Gasteiger partial charge in [0.1, 0.15) is 0 Å². The molecule has 0 aliphatic heterocycles. The van der Waals surface area contributed by atoms with Crippen molar-refractivity contribution in [3.05, 3.63) is 59.5 Å². The summed E-state index contributed by atoms with van der Waals surface area (Å²) in [7, 11) is 0. The average Bonchev–Trinajstić information content (AvgIpc) is 3.00. The van der Waals surface area contributed by atoms with E-state index in [1.165, 1.54) is 46.0 Å². The second-order valence-electron chi connectivity index (χ2n) is 5.79. The van der Waals surface area contributed by atoms with E-state index in [0.717, 1.165) is 6.42 Å². The third-order valence-corrected chi connectivity index (χ3v) is 5.83. The standard InChI is InChI=1S/C20H21BrS/c1-2-3-9-17(21)12-15-13-20(22-14-15)19-11-6-8-16-7-4-5-10-18(16)19/h4-8,10-11,13-14,17H,2-3,9,12H2,1H3. The number of hydrogen-bond donors (Lipinski definition) is 0. The molecule has 0 fully saturated rings. The Hall–Kier alpha value is -1.12. The molecule has 1 heterocycles. The summed E-state index contributed by atoms with van der Waals surface area (Å²) in [5.41, 5.74) is 2.81. The van der Waals surface area contributed by atoms with Crippen LogP contribution in [-0.4, -0.2) is 4.83 Å². The van der Waals surface area contributed by atoms with Crippen molar-refractivity contribution in [2.75, 3.05) is 0 Å². The van der Waals surface area contributed by atoms with Gasteiger partial charge in [-0.05, 0) is 46.2 Å². The Morgan fingerprint density at radius 3 is 2.77 bits per heavy atom. The first kappa shape index (κ1) is 15.8. The van der Waals surface area contributed by atoms with E-state index in [-0.39, 0.29) is 0 Å². The largest absolute Gasteiger partial charge is 0.144 e. The second-order valence-corrected chi connectivity index (χ2v) is 8.00. The molecule has 0 N–H and O–H groups in total. The van der Waals surface area contributed by atoms with E-state index < -0.39 is 0 Å². The first-order valence-electron chi connectivity index (χ1n) is 7.97. The summed E-state index contributed by atoms with van der Waals surface area (Å²) >= 11 is 5.69. The fraction of sp³-hybridized carbons (Fsp3) is 0.300. The van der Waals surface area contributed by atoms with Crippen molar-refractivity contribution in [3.8, 4) is 10.4 Å². The van der Waals surface area contributed by atoms with Crippen molar-refractivity contribution in [2.24, 2.45) is 0 Å². The summed E-state index contributed by atoms with van der Waals surface area (Å²) in [6, 6.07) is 17.6. The fourth-order valence-electron chi connectivity index (χ4n) is 2.85. The quantitative estimate of drug-likeness (QED) is 0.406. The minimum Gasteiger partial charge on any atom is -0.144 e. The second kappa shape index (κ2) is 7.43. The Morgan fingerprint density at radius 1 is 1.09 bits per heavy atom. The SMILES string of the molecule is CCCCC(Br)Cc1csc(-c2cccc3ccccc23)c1. The van der Waals surface area contributed by atoms with Crippen molar-refractivity contribution in [2.45, 2.75) is 37.4 Å². The van der Waals surface area contributed by atoms with E-state index in [9.17, 15) is 0 Å². The lowest BCUT2D eigenvalue weighted by atomic mass is 10.0. The zero-order valence-electron chi connectivity index (χ0n) is 12.9. The van der Waals surface area contributed by atoms with E-state index in [1.54, 1.807) is 0 Å². The van der Waals surface area contributed by atoms with Gasteiger partial charge in [-0.25, -0.2) is 0 Å². The first-order chi connectivity index (χ1) is 10.8. The zero-order valence-corrected chi connectivity index (χ0v) is 15.3. The molecule has 3 aromatic rings. The lowest BCUT2D eigenvalue weighted by Crippen LogP contribution is -2.01. The smallest absolute Gasteiger partial charge is 0.0351 e.